The molecule has 0 aromatic rings. The molecule has 0 aromatic heterocycles. The molecule has 1 aliphatic rings. The van der Waals surface area contributed by atoms with Gasteiger partial charge in [0, 0.05) is 12.6 Å². The molecule has 0 aromatic carbocycles. The molecule has 0 radical (unpaired) electrons. The predicted molar refractivity (Wildman–Crippen MR) is 23.5 cm³/mol. The van der Waals surface area contributed by atoms with Crippen molar-refractivity contribution in [1.29, 1.82) is 0 Å². The third-order valence-electron chi connectivity index (χ3n) is 1.02. The predicted octanol–water partition coefficient (Wildman–Crippen LogP) is -0.661. The lowest BCUT2D eigenvalue weighted by atomic mass is 10.3. The Balaban J connectivity index is 2.13. The van der Waals surface area contributed by atoms with Crippen molar-refractivity contribution in [3.63, 3.8) is 0 Å². The molecule has 2 N–H and O–H groups in total. The van der Waals surface area contributed by atoms with Gasteiger partial charge in [-0.05, 0) is 6.92 Å². The Morgan fingerprint density at radius 2 is 2.50 bits per heavy atom. The Kier molecular flexibility index (Phi) is 0.821. The van der Waals surface area contributed by atoms with Crippen molar-refractivity contribution in [3.05, 3.63) is 0 Å². The van der Waals surface area contributed by atoms with Crippen LogP contribution in [0.15, 0.2) is 0 Å². The van der Waals surface area contributed by atoms with E-state index in [0.717, 1.165) is 6.54 Å². The van der Waals surface area contributed by atoms with Gasteiger partial charge in [-0.1, -0.05) is 0 Å². The van der Waals surface area contributed by atoms with Crippen LogP contribution in [-0.2, 0) is 0 Å². The van der Waals surface area contributed by atoms with Gasteiger partial charge in [0.1, 0.15) is 0 Å². The van der Waals surface area contributed by atoms with Gasteiger partial charge in [0.05, 0.1) is 6.10 Å². The molecule has 2 nitrogen and oxygen atoms in total. The van der Waals surface area contributed by atoms with E-state index in [2.05, 4.69) is 5.32 Å². The van der Waals surface area contributed by atoms with Crippen molar-refractivity contribution in [2.75, 3.05) is 6.54 Å². The Morgan fingerprint density at radius 1 is 2.00 bits per heavy atom. The van der Waals surface area contributed by atoms with E-state index in [1.165, 1.54) is 0 Å². The van der Waals surface area contributed by atoms with E-state index in [0.29, 0.717) is 6.04 Å². The summed E-state index contributed by atoms with van der Waals surface area (Å²) in [5.41, 5.74) is 0. The molecular formula is C4H9NO. The van der Waals surface area contributed by atoms with Crippen LogP contribution in [0, 0.1) is 0 Å². The molecule has 2 atom stereocenters. The molecule has 1 saturated heterocycles. The van der Waals surface area contributed by atoms with E-state index in [-0.39, 0.29) is 6.10 Å². The maximum Gasteiger partial charge on any atom is 0.0677 e. The highest BCUT2D eigenvalue weighted by Crippen LogP contribution is 2.00. The highest BCUT2D eigenvalue weighted by molar-refractivity contribution is 4.87. The average Bonchev–Trinajstić information content (AvgIpc) is 2.06. The minimum Gasteiger partial charge on any atom is -0.392 e. The maximum atomic E-state index is 8.63. The van der Waals surface area contributed by atoms with Crippen molar-refractivity contribution in [2.24, 2.45) is 0 Å². The molecule has 2 heteroatoms. The number of aliphatic hydroxyl groups is 1. The van der Waals surface area contributed by atoms with E-state index in [1.807, 2.05) is 0 Å². The number of hydrogen-bond acceptors (Lipinski definition) is 2. The quantitative estimate of drug-likeness (QED) is 0.417. The summed E-state index contributed by atoms with van der Waals surface area (Å²) >= 11 is 0. The standard InChI is InChI=1S/C4H9NO/c1-3(6)4-2-5-4/h3-6H,2H2,1H3/t3-,4+/m0/s1. The normalized spacial score (nSPS) is 36.0. The van der Waals surface area contributed by atoms with Gasteiger partial charge in [0.25, 0.3) is 0 Å². The van der Waals surface area contributed by atoms with Crippen LogP contribution < -0.4 is 5.32 Å². The summed E-state index contributed by atoms with van der Waals surface area (Å²) < 4.78 is 0. The first-order valence-electron chi connectivity index (χ1n) is 2.22. The number of hydrogen-bond donors (Lipinski definition) is 2. The van der Waals surface area contributed by atoms with E-state index < -0.39 is 0 Å². The van der Waals surface area contributed by atoms with E-state index in [1.54, 1.807) is 6.92 Å². The molecule has 1 rings (SSSR count). The van der Waals surface area contributed by atoms with Crippen LogP contribution in [0.1, 0.15) is 6.92 Å². The van der Waals surface area contributed by atoms with Gasteiger partial charge in [-0.15, -0.1) is 0 Å². The maximum absolute atomic E-state index is 8.63. The first-order chi connectivity index (χ1) is 2.80. The second-order valence-corrected chi connectivity index (χ2v) is 1.76. The highest BCUT2D eigenvalue weighted by Gasteiger charge is 2.24. The molecule has 1 aliphatic heterocycles. The van der Waals surface area contributed by atoms with Crippen LogP contribution >= 0.6 is 0 Å². The molecule has 0 aliphatic carbocycles. The van der Waals surface area contributed by atoms with Gasteiger partial charge in [-0.3, -0.25) is 0 Å². The van der Waals surface area contributed by atoms with Crippen LogP contribution in [0.25, 0.3) is 0 Å². The Morgan fingerprint density at radius 3 is 2.50 bits per heavy atom. The fourth-order valence-corrected chi connectivity index (χ4v) is 0.409. The lowest BCUT2D eigenvalue weighted by Crippen LogP contribution is -2.10. The summed E-state index contributed by atoms with van der Waals surface area (Å²) in [5.74, 6) is 0. The minimum atomic E-state index is -0.148. The topological polar surface area (TPSA) is 42.2 Å². The van der Waals surface area contributed by atoms with Crippen molar-refractivity contribution in [1.82, 2.24) is 5.32 Å². The second kappa shape index (κ2) is 1.21. The molecule has 0 unspecified atom stereocenters. The zero-order chi connectivity index (χ0) is 4.57. The summed E-state index contributed by atoms with van der Waals surface area (Å²) in [6, 6.07) is 0.407. The van der Waals surface area contributed by atoms with Crippen molar-refractivity contribution in [2.45, 2.75) is 19.1 Å². The Hall–Kier alpha value is -0.0800. The highest BCUT2D eigenvalue weighted by atomic mass is 16.3. The fraction of sp³-hybridized carbons (Fsp3) is 1.00. The SMILES string of the molecule is C[C@H](O)[C@H]1CN1. The number of rotatable bonds is 1. The summed E-state index contributed by atoms with van der Waals surface area (Å²) in [4.78, 5) is 0. The minimum absolute atomic E-state index is 0.148. The van der Waals surface area contributed by atoms with Crippen LogP contribution in [0.4, 0.5) is 0 Å². The van der Waals surface area contributed by atoms with E-state index >= 15 is 0 Å². The van der Waals surface area contributed by atoms with Gasteiger partial charge >= 0.3 is 0 Å². The third-order valence-corrected chi connectivity index (χ3v) is 1.02. The van der Waals surface area contributed by atoms with Gasteiger partial charge in [-0.2, -0.15) is 0 Å². The first-order valence-corrected chi connectivity index (χ1v) is 2.22. The smallest absolute Gasteiger partial charge is 0.0677 e. The van der Waals surface area contributed by atoms with Crippen LogP contribution in [-0.4, -0.2) is 23.8 Å². The average molecular weight is 87.1 g/mol. The molecule has 6 heavy (non-hydrogen) atoms. The zero-order valence-electron chi connectivity index (χ0n) is 3.81. The van der Waals surface area contributed by atoms with Gasteiger partial charge in [0.2, 0.25) is 0 Å². The summed E-state index contributed by atoms with van der Waals surface area (Å²) in [6.45, 7) is 2.79. The van der Waals surface area contributed by atoms with Gasteiger partial charge < -0.3 is 10.4 Å². The molecule has 0 bridgehead atoms. The van der Waals surface area contributed by atoms with Crippen molar-refractivity contribution < 1.29 is 5.11 Å². The molecule has 0 spiro atoms. The zero-order valence-corrected chi connectivity index (χ0v) is 3.81. The molecular weight excluding hydrogens is 78.0 g/mol. The lowest BCUT2D eigenvalue weighted by Gasteiger charge is -1.92. The number of aliphatic hydroxyl groups excluding tert-OH is 1. The van der Waals surface area contributed by atoms with Gasteiger partial charge in [-0.25, -0.2) is 0 Å². The van der Waals surface area contributed by atoms with Crippen molar-refractivity contribution >= 4 is 0 Å². The van der Waals surface area contributed by atoms with Crippen LogP contribution in [0.2, 0.25) is 0 Å². The second-order valence-electron chi connectivity index (χ2n) is 1.76. The Bertz CT molecular complexity index is 49.5. The largest absolute Gasteiger partial charge is 0.392 e. The molecule has 36 valence electrons. The van der Waals surface area contributed by atoms with Gasteiger partial charge in [0.15, 0.2) is 0 Å². The summed E-state index contributed by atoms with van der Waals surface area (Å²) in [6.07, 6.45) is -0.148. The summed E-state index contributed by atoms with van der Waals surface area (Å²) in [7, 11) is 0. The van der Waals surface area contributed by atoms with Crippen molar-refractivity contribution in [3.8, 4) is 0 Å². The first kappa shape index (κ1) is 4.09. The van der Waals surface area contributed by atoms with Crippen LogP contribution in [0.3, 0.4) is 0 Å². The molecule has 1 fully saturated rings. The Labute approximate surface area is 37.2 Å². The molecule has 0 amide bonds. The van der Waals surface area contributed by atoms with Crippen LogP contribution in [0.5, 0.6) is 0 Å². The van der Waals surface area contributed by atoms with E-state index in [4.69, 9.17) is 5.11 Å². The summed E-state index contributed by atoms with van der Waals surface area (Å²) in [5, 5.41) is 11.6. The lowest BCUT2D eigenvalue weighted by molar-refractivity contribution is 0.193. The number of nitrogens with one attached hydrogen (secondary N) is 1. The monoisotopic (exact) mass is 87.1 g/mol. The molecule has 0 saturated carbocycles. The fourth-order valence-electron chi connectivity index (χ4n) is 0.409. The molecule has 1 heterocycles. The van der Waals surface area contributed by atoms with E-state index in [9.17, 15) is 0 Å². The third kappa shape index (κ3) is 0.698.